The molecule has 110 valence electrons. The Labute approximate surface area is 120 Å². The van der Waals surface area contributed by atoms with Crippen LogP contribution in [0.3, 0.4) is 0 Å². The number of benzene rings is 1. The predicted molar refractivity (Wildman–Crippen MR) is 79.7 cm³/mol. The Morgan fingerprint density at radius 2 is 1.80 bits per heavy atom. The lowest BCUT2D eigenvalue weighted by atomic mass is 10.1. The Morgan fingerprint density at radius 1 is 1.20 bits per heavy atom. The first kappa shape index (κ1) is 14.9. The van der Waals surface area contributed by atoms with Gasteiger partial charge in [-0.15, -0.1) is 0 Å². The number of rotatable bonds is 5. The molecule has 5 heteroatoms. The molecule has 0 N–H and O–H groups in total. The fourth-order valence-electron chi connectivity index (χ4n) is 2.60. The van der Waals surface area contributed by atoms with Crippen LogP contribution in [0.5, 0.6) is 0 Å². The molecule has 1 aliphatic rings. The molecule has 1 saturated heterocycles. The zero-order valence-electron chi connectivity index (χ0n) is 12.3. The summed E-state index contributed by atoms with van der Waals surface area (Å²) in [6.07, 6.45) is 1.20. The highest BCUT2D eigenvalue weighted by molar-refractivity contribution is 5.32. The van der Waals surface area contributed by atoms with E-state index in [4.69, 9.17) is 0 Å². The molecule has 1 aromatic carbocycles. The molecule has 0 amide bonds. The number of non-ortho nitro benzene ring substituents is 1. The van der Waals surface area contributed by atoms with Crippen molar-refractivity contribution in [3.05, 3.63) is 39.9 Å². The number of nitro benzene ring substituents is 1. The maximum atomic E-state index is 10.6. The van der Waals surface area contributed by atoms with E-state index in [9.17, 15) is 10.1 Å². The fraction of sp³-hybridized carbons (Fsp3) is 0.600. The molecule has 0 bridgehead atoms. The lowest BCUT2D eigenvalue weighted by Crippen LogP contribution is -2.48. The van der Waals surface area contributed by atoms with Crippen molar-refractivity contribution in [2.75, 3.05) is 26.2 Å². The van der Waals surface area contributed by atoms with Crippen LogP contribution in [0.25, 0.3) is 0 Å². The van der Waals surface area contributed by atoms with E-state index in [1.54, 1.807) is 12.1 Å². The maximum absolute atomic E-state index is 10.6. The highest BCUT2D eigenvalue weighted by atomic mass is 16.6. The van der Waals surface area contributed by atoms with Crippen LogP contribution >= 0.6 is 0 Å². The Balaban J connectivity index is 1.84. The second kappa shape index (κ2) is 6.81. The second-order valence-electron chi connectivity index (χ2n) is 5.49. The Kier molecular flexibility index (Phi) is 5.09. The van der Waals surface area contributed by atoms with Crippen LogP contribution in [0.1, 0.15) is 25.8 Å². The minimum absolute atomic E-state index is 0.162. The van der Waals surface area contributed by atoms with Crippen LogP contribution in [0.15, 0.2) is 24.3 Å². The summed E-state index contributed by atoms with van der Waals surface area (Å²) >= 11 is 0. The molecule has 1 atom stereocenters. The summed E-state index contributed by atoms with van der Waals surface area (Å²) in [5, 5.41) is 10.6. The number of hydrogen-bond donors (Lipinski definition) is 0. The molecular weight excluding hydrogens is 254 g/mol. The third-order valence-electron chi connectivity index (χ3n) is 4.17. The van der Waals surface area contributed by atoms with E-state index in [-0.39, 0.29) is 10.6 Å². The summed E-state index contributed by atoms with van der Waals surface area (Å²) < 4.78 is 0. The van der Waals surface area contributed by atoms with E-state index in [1.807, 2.05) is 12.1 Å². The van der Waals surface area contributed by atoms with Crippen LogP contribution in [0, 0.1) is 10.1 Å². The molecule has 2 rings (SSSR count). The van der Waals surface area contributed by atoms with E-state index in [2.05, 4.69) is 23.6 Å². The summed E-state index contributed by atoms with van der Waals surface area (Å²) in [5.74, 6) is 0. The van der Waals surface area contributed by atoms with Crippen LogP contribution in [0.2, 0.25) is 0 Å². The lowest BCUT2D eigenvalue weighted by molar-refractivity contribution is -0.384. The second-order valence-corrected chi connectivity index (χ2v) is 5.49. The van der Waals surface area contributed by atoms with Gasteiger partial charge in [0.15, 0.2) is 0 Å². The van der Waals surface area contributed by atoms with Gasteiger partial charge in [0.25, 0.3) is 5.69 Å². The van der Waals surface area contributed by atoms with Crippen molar-refractivity contribution < 1.29 is 4.92 Å². The minimum atomic E-state index is -0.352. The molecule has 0 aromatic heterocycles. The number of nitro groups is 1. The molecular formula is C15H23N3O2. The van der Waals surface area contributed by atoms with E-state index in [0.29, 0.717) is 6.04 Å². The highest BCUT2D eigenvalue weighted by Gasteiger charge is 2.20. The quantitative estimate of drug-likeness (QED) is 0.613. The van der Waals surface area contributed by atoms with Gasteiger partial charge in [-0.05, 0) is 18.9 Å². The van der Waals surface area contributed by atoms with Crippen molar-refractivity contribution in [1.29, 1.82) is 0 Å². The van der Waals surface area contributed by atoms with Crippen molar-refractivity contribution in [1.82, 2.24) is 9.80 Å². The predicted octanol–water partition coefficient (Wildman–Crippen LogP) is 2.51. The first-order chi connectivity index (χ1) is 9.60. The molecule has 1 unspecified atom stereocenters. The standard InChI is InChI=1S/C15H23N3O2/c1-3-13(2)17-10-8-16(9-11-17)12-14-4-6-15(7-5-14)18(19)20/h4-7,13H,3,8-12H2,1-2H3. The Hall–Kier alpha value is -1.46. The van der Waals surface area contributed by atoms with E-state index in [1.165, 1.54) is 6.42 Å². The smallest absolute Gasteiger partial charge is 0.269 e. The average molecular weight is 277 g/mol. The maximum Gasteiger partial charge on any atom is 0.269 e. The highest BCUT2D eigenvalue weighted by Crippen LogP contribution is 2.15. The number of hydrogen-bond acceptors (Lipinski definition) is 4. The van der Waals surface area contributed by atoms with Crippen LogP contribution in [-0.4, -0.2) is 46.9 Å². The van der Waals surface area contributed by atoms with E-state index >= 15 is 0 Å². The average Bonchev–Trinajstić information content (AvgIpc) is 2.48. The first-order valence-electron chi connectivity index (χ1n) is 7.30. The first-order valence-corrected chi connectivity index (χ1v) is 7.30. The molecule has 20 heavy (non-hydrogen) atoms. The minimum Gasteiger partial charge on any atom is -0.298 e. The van der Waals surface area contributed by atoms with Crippen molar-refractivity contribution in [2.24, 2.45) is 0 Å². The Morgan fingerprint density at radius 3 is 2.30 bits per heavy atom. The van der Waals surface area contributed by atoms with Crippen molar-refractivity contribution >= 4 is 5.69 Å². The SMILES string of the molecule is CCC(C)N1CCN(Cc2ccc([N+](=O)[O-])cc2)CC1. The Bertz CT molecular complexity index is 439. The summed E-state index contributed by atoms with van der Waals surface area (Å²) in [7, 11) is 0. The summed E-state index contributed by atoms with van der Waals surface area (Å²) in [5.41, 5.74) is 1.31. The third-order valence-corrected chi connectivity index (χ3v) is 4.17. The van der Waals surface area contributed by atoms with Gasteiger partial charge in [0.05, 0.1) is 4.92 Å². The molecule has 1 fully saturated rings. The summed E-state index contributed by atoms with van der Waals surface area (Å²) in [4.78, 5) is 15.2. The number of piperazine rings is 1. The van der Waals surface area contributed by atoms with Gasteiger partial charge in [0, 0.05) is 50.9 Å². The normalized spacial score (nSPS) is 18.9. The zero-order valence-corrected chi connectivity index (χ0v) is 12.3. The van der Waals surface area contributed by atoms with Gasteiger partial charge in [-0.25, -0.2) is 0 Å². The van der Waals surface area contributed by atoms with Gasteiger partial charge in [-0.1, -0.05) is 19.1 Å². The van der Waals surface area contributed by atoms with Crippen LogP contribution < -0.4 is 0 Å². The molecule has 0 aliphatic carbocycles. The lowest BCUT2D eigenvalue weighted by Gasteiger charge is -2.37. The monoisotopic (exact) mass is 277 g/mol. The molecule has 5 nitrogen and oxygen atoms in total. The van der Waals surface area contributed by atoms with Crippen LogP contribution in [-0.2, 0) is 6.54 Å². The van der Waals surface area contributed by atoms with Crippen molar-refractivity contribution in [3.63, 3.8) is 0 Å². The summed E-state index contributed by atoms with van der Waals surface area (Å²) in [6, 6.07) is 7.56. The van der Waals surface area contributed by atoms with Gasteiger partial charge in [-0.2, -0.15) is 0 Å². The third kappa shape index (κ3) is 3.77. The van der Waals surface area contributed by atoms with Gasteiger partial charge in [0.2, 0.25) is 0 Å². The van der Waals surface area contributed by atoms with Gasteiger partial charge in [-0.3, -0.25) is 19.9 Å². The molecule has 1 heterocycles. The van der Waals surface area contributed by atoms with Gasteiger partial charge in [0.1, 0.15) is 0 Å². The largest absolute Gasteiger partial charge is 0.298 e. The molecule has 1 aliphatic heterocycles. The topological polar surface area (TPSA) is 49.6 Å². The number of nitrogens with zero attached hydrogens (tertiary/aromatic N) is 3. The fourth-order valence-corrected chi connectivity index (χ4v) is 2.60. The van der Waals surface area contributed by atoms with Gasteiger partial charge < -0.3 is 0 Å². The molecule has 0 spiro atoms. The van der Waals surface area contributed by atoms with E-state index < -0.39 is 0 Å². The van der Waals surface area contributed by atoms with Gasteiger partial charge >= 0.3 is 0 Å². The molecule has 0 saturated carbocycles. The van der Waals surface area contributed by atoms with Crippen molar-refractivity contribution in [2.45, 2.75) is 32.9 Å². The van der Waals surface area contributed by atoms with E-state index in [0.717, 1.165) is 38.3 Å². The molecule has 0 radical (unpaired) electrons. The molecule has 1 aromatic rings. The van der Waals surface area contributed by atoms with Crippen molar-refractivity contribution in [3.8, 4) is 0 Å². The zero-order chi connectivity index (χ0) is 14.5. The van der Waals surface area contributed by atoms with Crippen LogP contribution in [0.4, 0.5) is 5.69 Å². The summed E-state index contributed by atoms with van der Waals surface area (Å²) in [6.45, 7) is 9.76.